The van der Waals surface area contributed by atoms with Gasteiger partial charge in [-0.05, 0) is 31.5 Å². The van der Waals surface area contributed by atoms with Crippen molar-refractivity contribution in [2.75, 3.05) is 36.6 Å². The van der Waals surface area contributed by atoms with E-state index in [1.54, 1.807) is 38.1 Å². The maximum absolute atomic E-state index is 12.9. The van der Waals surface area contributed by atoms with Gasteiger partial charge < -0.3 is 24.2 Å². The average Bonchev–Trinajstić information content (AvgIpc) is 3.13. The Kier molecular flexibility index (Phi) is 9.72. The Bertz CT molecular complexity index is 1170. The number of aromatic amines is 1. The van der Waals surface area contributed by atoms with Gasteiger partial charge in [0.25, 0.3) is 0 Å². The van der Waals surface area contributed by atoms with Crippen LogP contribution in [0.3, 0.4) is 0 Å². The van der Waals surface area contributed by atoms with E-state index < -0.39 is 19.3 Å². The van der Waals surface area contributed by atoms with E-state index in [2.05, 4.69) is 15.6 Å². The van der Waals surface area contributed by atoms with E-state index in [0.29, 0.717) is 17.8 Å². The lowest BCUT2D eigenvalue weighted by atomic mass is 10.2. The summed E-state index contributed by atoms with van der Waals surface area (Å²) in [5.74, 6) is 0.121. The lowest BCUT2D eigenvalue weighted by Gasteiger charge is -2.17. The Morgan fingerprint density at radius 2 is 1.57 bits per heavy atom. The number of rotatable bonds is 13. The summed E-state index contributed by atoms with van der Waals surface area (Å²) in [5.41, 5.74) is 1.41. The summed E-state index contributed by atoms with van der Waals surface area (Å²) in [4.78, 5) is 33.8. The fraction of sp³-hybridized carbons (Fsp3) is 0.333. The van der Waals surface area contributed by atoms with E-state index in [-0.39, 0.29) is 38.2 Å². The predicted molar refractivity (Wildman–Crippen MR) is 135 cm³/mol. The van der Waals surface area contributed by atoms with Crippen LogP contribution in [0.4, 0.5) is 16.3 Å². The molecule has 0 saturated heterocycles. The topological polar surface area (TPSA) is 124 Å². The van der Waals surface area contributed by atoms with E-state index in [4.69, 9.17) is 13.9 Å². The van der Waals surface area contributed by atoms with Crippen LogP contribution in [0.15, 0.2) is 65.5 Å². The molecule has 3 N–H and O–H groups in total. The number of benzene rings is 2. The molecule has 11 heteroatoms. The van der Waals surface area contributed by atoms with Gasteiger partial charge >= 0.3 is 19.3 Å². The molecular weight excluding hydrogens is 471 g/mol. The Morgan fingerprint density at radius 1 is 0.943 bits per heavy atom. The third kappa shape index (κ3) is 7.85. The van der Waals surface area contributed by atoms with Crippen LogP contribution in [0.5, 0.6) is 0 Å². The zero-order valence-corrected chi connectivity index (χ0v) is 20.8. The number of aromatic nitrogens is 2. The highest BCUT2D eigenvalue weighted by Gasteiger charge is 2.26. The minimum absolute atomic E-state index is 0.0215. The van der Waals surface area contributed by atoms with Crippen LogP contribution in [-0.4, -0.2) is 41.7 Å². The molecule has 0 fully saturated rings. The number of nitrogens with zero attached hydrogens (tertiary/aromatic N) is 1. The number of urea groups is 1. The molecule has 188 valence electrons. The molecule has 3 aromatic rings. The van der Waals surface area contributed by atoms with Gasteiger partial charge in [0.1, 0.15) is 6.61 Å². The number of anilines is 2. The fourth-order valence-corrected chi connectivity index (χ4v) is 5.01. The third-order valence-electron chi connectivity index (χ3n) is 4.94. The molecule has 0 radical (unpaired) electrons. The van der Waals surface area contributed by atoms with Crippen molar-refractivity contribution >= 4 is 25.1 Å². The van der Waals surface area contributed by atoms with Gasteiger partial charge in [0, 0.05) is 18.5 Å². The van der Waals surface area contributed by atoms with Crippen LogP contribution in [0.2, 0.25) is 0 Å². The molecule has 10 nitrogen and oxygen atoms in total. The maximum Gasteiger partial charge on any atom is 0.360 e. The first-order chi connectivity index (χ1) is 16.9. The fourth-order valence-electron chi connectivity index (χ4n) is 3.39. The summed E-state index contributed by atoms with van der Waals surface area (Å²) in [6, 6.07) is 18.0. The summed E-state index contributed by atoms with van der Waals surface area (Å²) < 4.78 is 24.6. The SMILES string of the molecule is CCOP(=O)(CCc1[nH]c(=O)n(OCCc2ccccc2)c1NC(=O)Nc1ccccc1)OCC. The van der Waals surface area contributed by atoms with Crippen molar-refractivity contribution < 1.29 is 23.2 Å². The van der Waals surface area contributed by atoms with Gasteiger partial charge in [-0.2, -0.15) is 0 Å². The van der Waals surface area contributed by atoms with Crippen LogP contribution in [-0.2, 0) is 26.5 Å². The Balaban J connectivity index is 1.79. The quantitative estimate of drug-likeness (QED) is 0.300. The second-order valence-electron chi connectivity index (χ2n) is 7.49. The largest absolute Gasteiger partial charge is 0.407 e. The van der Waals surface area contributed by atoms with E-state index in [1.165, 1.54) is 0 Å². The van der Waals surface area contributed by atoms with Crippen LogP contribution < -0.4 is 21.2 Å². The standard InChI is InChI=1S/C24H31N4O6P/c1-3-33-35(31,34-4-2)18-16-21-22(27-23(29)25-20-13-9-6-10-14-20)28(24(30)26-21)32-17-15-19-11-7-5-8-12-19/h5-14H,3-4,15-18H2,1-2H3,(H,26,30)(H2,25,27,29). The van der Waals surface area contributed by atoms with E-state index >= 15 is 0 Å². The van der Waals surface area contributed by atoms with Crippen LogP contribution in [0, 0.1) is 0 Å². The lowest BCUT2D eigenvalue weighted by molar-refractivity contribution is 0.109. The molecule has 2 aromatic carbocycles. The highest BCUT2D eigenvalue weighted by atomic mass is 31.2. The van der Waals surface area contributed by atoms with Gasteiger partial charge in [0.05, 0.1) is 25.1 Å². The molecule has 0 aliphatic rings. The summed E-state index contributed by atoms with van der Waals surface area (Å²) in [7, 11) is -3.36. The van der Waals surface area contributed by atoms with Crippen molar-refractivity contribution in [1.29, 1.82) is 0 Å². The summed E-state index contributed by atoms with van der Waals surface area (Å²) in [6.07, 6.45) is 0.712. The maximum atomic E-state index is 12.9. The molecule has 0 saturated carbocycles. The molecule has 1 aromatic heterocycles. The molecule has 0 unspecified atom stereocenters. The summed E-state index contributed by atoms with van der Waals surface area (Å²) in [5, 5.41) is 5.39. The third-order valence-corrected chi connectivity index (χ3v) is 7.01. The van der Waals surface area contributed by atoms with Crippen LogP contribution in [0.1, 0.15) is 25.1 Å². The van der Waals surface area contributed by atoms with Gasteiger partial charge in [-0.15, -0.1) is 4.73 Å². The average molecular weight is 503 g/mol. The van der Waals surface area contributed by atoms with Crippen LogP contribution >= 0.6 is 7.60 Å². The van der Waals surface area contributed by atoms with E-state index in [1.807, 2.05) is 36.4 Å². The minimum Gasteiger partial charge on any atom is -0.407 e. The molecule has 35 heavy (non-hydrogen) atoms. The molecule has 3 rings (SSSR count). The van der Waals surface area contributed by atoms with Gasteiger partial charge in [-0.25, -0.2) is 9.59 Å². The Labute approximate surface area is 204 Å². The monoisotopic (exact) mass is 502 g/mol. The first-order valence-electron chi connectivity index (χ1n) is 11.5. The molecular formula is C24H31N4O6P. The smallest absolute Gasteiger partial charge is 0.360 e. The van der Waals surface area contributed by atoms with E-state index in [9.17, 15) is 14.2 Å². The summed E-state index contributed by atoms with van der Waals surface area (Å²) >= 11 is 0. The number of amides is 2. The van der Waals surface area contributed by atoms with Crippen molar-refractivity contribution in [2.45, 2.75) is 26.7 Å². The number of carbonyl (C=O) groups excluding carboxylic acids is 1. The molecule has 1 heterocycles. The van der Waals surface area contributed by atoms with Gasteiger partial charge in [-0.1, -0.05) is 48.5 Å². The number of H-pyrrole nitrogens is 1. The first-order valence-corrected chi connectivity index (χ1v) is 13.2. The number of hydrogen-bond donors (Lipinski definition) is 3. The molecule has 0 bridgehead atoms. The van der Waals surface area contributed by atoms with Gasteiger partial charge in [-0.3, -0.25) is 9.88 Å². The highest BCUT2D eigenvalue weighted by Crippen LogP contribution is 2.48. The van der Waals surface area contributed by atoms with Crippen molar-refractivity contribution in [2.24, 2.45) is 0 Å². The number of para-hydroxylation sites is 1. The zero-order valence-electron chi connectivity index (χ0n) is 19.9. The number of nitrogens with one attached hydrogen (secondary N) is 3. The number of carbonyl (C=O) groups is 1. The second-order valence-corrected chi connectivity index (χ2v) is 9.67. The number of imidazole rings is 1. The molecule has 2 amide bonds. The number of aryl methyl sites for hydroxylation is 1. The summed E-state index contributed by atoms with van der Waals surface area (Å²) in [6.45, 7) is 4.10. The first kappa shape index (κ1) is 26.3. The van der Waals surface area contributed by atoms with Crippen molar-refractivity contribution in [3.8, 4) is 0 Å². The molecule has 0 aliphatic carbocycles. The van der Waals surface area contributed by atoms with Gasteiger partial charge in [0.15, 0.2) is 5.82 Å². The van der Waals surface area contributed by atoms with Gasteiger partial charge in [0.2, 0.25) is 0 Å². The second kappa shape index (κ2) is 12.9. The highest BCUT2D eigenvalue weighted by molar-refractivity contribution is 7.53. The van der Waals surface area contributed by atoms with E-state index in [0.717, 1.165) is 10.3 Å². The zero-order chi connectivity index (χ0) is 25.1. The van der Waals surface area contributed by atoms with Crippen molar-refractivity contribution in [3.05, 3.63) is 82.4 Å². The predicted octanol–water partition coefficient (Wildman–Crippen LogP) is 4.30. The van der Waals surface area contributed by atoms with Crippen molar-refractivity contribution in [1.82, 2.24) is 9.71 Å². The number of hydrogen-bond acceptors (Lipinski definition) is 6. The molecule has 0 spiro atoms. The Morgan fingerprint density at radius 3 is 2.20 bits per heavy atom. The normalized spacial score (nSPS) is 11.3. The van der Waals surface area contributed by atoms with Crippen LogP contribution in [0.25, 0.3) is 0 Å². The molecule has 0 aliphatic heterocycles. The minimum atomic E-state index is -3.36. The Hall–Kier alpha value is -3.33. The molecule has 0 atom stereocenters. The lowest BCUT2D eigenvalue weighted by Crippen LogP contribution is -2.30. The van der Waals surface area contributed by atoms with Crippen molar-refractivity contribution in [3.63, 3.8) is 0 Å².